The van der Waals surface area contributed by atoms with Crippen LogP contribution in [0.1, 0.15) is 18.0 Å². The summed E-state index contributed by atoms with van der Waals surface area (Å²) in [4.78, 5) is 2.46. The van der Waals surface area contributed by atoms with E-state index in [4.69, 9.17) is 0 Å². The second kappa shape index (κ2) is 7.67. The van der Waals surface area contributed by atoms with Gasteiger partial charge in [0.25, 0.3) is 0 Å². The predicted molar refractivity (Wildman–Crippen MR) is 72.6 cm³/mol. The molecule has 1 aromatic rings. The van der Waals surface area contributed by atoms with Crippen LogP contribution in [0.2, 0.25) is 0 Å². The normalized spacial score (nSPS) is 18.4. The standard InChI is InChI=1S/C13H20N2O.ClH/c16-11-6-13(12-4-2-1-3-5-12)15-9-7-14-8-10-15;/h1-5,13-14,16H,6-11H2;1H/t13-;/m0./s1. The van der Waals surface area contributed by atoms with E-state index in [-0.39, 0.29) is 19.0 Å². The van der Waals surface area contributed by atoms with Crippen molar-refractivity contribution in [2.45, 2.75) is 12.5 Å². The summed E-state index contributed by atoms with van der Waals surface area (Å²) in [6, 6.07) is 10.9. The minimum Gasteiger partial charge on any atom is -0.396 e. The first kappa shape index (κ1) is 14.5. The predicted octanol–water partition coefficient (Wildman–Crippen LogP) is 1.44. The molecule has 1 fully saturated rings. The Morgan fingerprint density at radius 2 is 1.82 bits per heavy atom. The average Bonchev–Trinajstić information content (AvgIpc) is 2.38. The van der Waals surface area contributed by atoms with Gasteiger partial charge in [0.05, 0.1) is 0 Å². The molecular formula is C13H21ClN2O. The van der Waals surface area contributed by atoms with Gasteiger partial charge in [-0.2, -0.15) is 0 Å². The summed E-state index contributed by atoms with van der Waals surface area (Å²) in [5, 5.41) is 12.5. The maximum atomic E-state index is 9.19. The fourth-order valence-corrected chi connectivity index (χ4v) is 2.35. The van der Waals surface area contributed by atoms with Crippen molar-refractivity contribution in [1.29, 1.82) is 0 Å². The van der Waals surface area contributed by atoms with Gasteiger partial charge in [-0.3, -0.25) is 4.90 Å². The van der Waals surface area contributed by atoms with Crippen molar-refractivity contribution in [1.82, 2.24) is 10.2 Å². The lowest BCUT2D eigenvalue weighted by Crippen LogP contribution is -2.45. The maximum Gasteiger partial charge on any atom is 0.0449 e. The van der Waals surface area contributed by atoms with E-state index in [2.05, 4.69) is 34.5 Å². The van der Waals surface area contributed by atoms with Crippen LogP contribution in [0.3, 0.4) is 0 Å². The molecule has 3 nitrogen and oxygen atoms in total. The van der Waals surface area contributed by atoms with Gasteiger partial charge in [0.1, 0.15) is 0 Å². The molecule has 17 heavy (non-hydrogen) atoms. The van der Waals surface area contributed by atoms with Gasteiger partial charge in [-0.05, 0) is 12.0 Å². The first-order chi connectivity index (χ1) is 7.92. The number of benzene rings is 1. The van der Waals surface area contributed by atoms with Crippen molar-refractivity contribution < 1.29 is 5.11 Å². The minimum atomic E-state index is 0. The van der Waals surface area contributed by atoms with Crippen LogP contribution in [0.25, 0.3) is 0 Å². The van der Waals surface area contributed by atoms with Crippen molar-refractivity contribution in [3.63, 3.8) is 0 Å². The number of nitrogens with zero attached hydrogens (tertiary/aromatic N) is 1. The Kier molecular flexibility index (Phi) is 6.52. The summed E-state index contributed by atoms with van der Waals surface area (Å²) in [6.07, 6.45) is 0.823. The number of hydrogen-bond donors (Lipinski definition) is 2. The first-order valence-corrected chi connectivity index (χ1v) is 6.02. The van der Waals surface area contributed by atoms with Gasteiger partial charge in [-0.25, -0.2) is 0 Å². The molecule has 1 atom stereocenters. The smallest absolute Gasteiger partial charge is 0.0449 e. The fourth-order valence-electron chi connectivity index (χ4n) is 2.35. The van der Waals surface area contributed by atoms with Crippen LogP contribution in [0.15, 0.2) is 30.3 Å². The van der Waals surface area contributed by atoms with Crippen LogP contribution in [0, 0.1) is 0 Å². The lowest BCUT2D eigenvalue weighted by Gasteiger charge is -2.35. The van der Waals surface area contributed by atoms with Crippen molar-refractivity contribution in [2.75, 3.05) is 32.8 Å². The molecule has 0 radical (unpaired) electrons. The Balaban J connectivity index is 0.00000144. The van der Waals surface area contributed by atoms with E-state index in [1.807, 2.05) is 6.07 Å². The first-order valence-electron chi connectivity index (χ1n) is 6.02. The number of nitrogens with one attached hydrogen (secondary N) is 1. The minimum absolute atomic E-state index is 0. The third-order valence-electron chi connectivity index (χ3n) is 3.18. The largest absolute Gasteiger partial charge is 0.396 e. The van der Waals surface area contributed by atoms with Gasteiger partial charge in [-0.1, -0.05) is 30.3 Å². The Hall–Kier alpha value is -0.610. The van der Waals surface area contributed by atoms with Crippen LogP contribution < -0.4 is 5.32 Å². The van der Waals surface area contributed by atoms with Gasteiger partial charge < -0.3 is 10.4 Å². The van der Waals surface area contributed by atoms with Crippen LogP contribution in [-0.2, 0) is 0 Å². The summed E-state index contributed by atoms with van der Waals surface area (Å²) in [5.41, 5.74) is 1.32. The van der Waals surface area contributed by atoms with Crippen LogP contribution in [0.5, 0.6) is 0 Å². The van der Waals surface area contributed by atoms with E-state index in [0.717, 1.165) is 32.6 Å². The highest BCUT2D eigenvalue weighted by atomic mass is 35.5. The molecule has 0 aliphatic carbocycles. The third-order valence-corrected chi connectivity index (χ3v) is 3.18. The highest BCUT2D eigenvalue weighted by molar-refractivity contribution is 5.85. The molecule has 4 heteroatoms. The van der Waals surface area contributed by atoms with Crippen LogP contribution in [-0.4, -0.2) is 42.8 Å². The highest BCUT2D eigenvalue weighted by Crippen LogP contribution is 2.23. The lowest BCUT2D eigenvalue weighted by atomic mass is 10.0. The number of aliphatic hydroxyl groups excluding tert-OH is 1. The Morgan fingerprint density at radius 1 is 1.18 bits per heavy atom. The summed E-state index contributed by atoms with van der Waals surface area (Å²) >= 11 is 0. The molecule has 1 aromatic carbocycles. The summed E-state index contributed by atoms with van der Waals surface area (Å²) in [5.74, 6) is 0. The van der Waals surface area contributed by atoms with E-state index < -0.39 is 0 Å². The number of hydrogen-bond acceptors (Lipinski definition) is 3. The molecule has 96 valence electrons. The molecule has 1 heterocycles. The van der Waals surface area contributed by atoms with Crippen LogP contribution >= 0.6 is 12.4 Å². The molecular weight excluding hydrogens is 236 g/mol. The average molecular weight is 257 g/mol. The van der Waals surface area contributed by atoms with E-state index in [1.165, 1.54) is 5.56 Å². The molecule has 0 unspecified atom stereocenters. The second-order valence-corrected chi connectivity index (χ2v) is 4.22. The van der Waals surface area contributed by atoms with Gasteiger partial charge in [0, 0.05) is 38.8 Å². The van der Waals surface area contributed by atoms with Gasteiger partial charge in [0.2, 0.25) is 0 Å². The lowest BCUT2D eigenvalue weighted by molar-refractivity contribution is 0.141. The van der Waals surface area contributed by atoms with E-state index >= 15 is 0 Å². The van der Waals surface area contributed by atoms with E-state index in [1.54, 1.807) is 0 Å². The van der Waals surface area contributed by atoms with Crippen molar-refractivity contribution in [3.05, 3.63) is 35.9 Å². The zero-order valence-electron chi connectivity index (χ0n) is 10.0. The van der Waals surface area contributed by atoms with Gasteiger partial charge in [0.15, 0.2) is 0 Å². The zero-order chi connectivity index (χ0) is 11.2. The van der Waals surface area contributed by atoms with Crippen LogP contribution in [0.4, 0.5) is 0 Å². The molecule has 0 amide bonds. The molecule has 2 rings (SSSR count). The van der Waals surface area contributed by atoms with E-state index in [0.29, 0.717) is 6.04 Å². The Morgan fingerprint density at radius 3 is 2.41 bits per heavy atom. The number of piperazine rings is 1. The molecule has 1 aliphatic rings. The third kappa shape index (κ3) is 3.96. The summed E-state index contributed by atoms with van der Waals surface area (Å²) < 4.78 is 0. The van der Waals surface area contributed by atoms with Crippen molar-refractivity contribution >= 4 is 12.4 Å². The molecule has 0 spiro atoms. The SMILES string of the molecule is Cl.OCC[C@@H](c1ccccc1)N1CCNCC1. The van der Waals surface area contributed by atoms with Gasteiger partial charge in [-0.15, -0.1) is 12.4 Å². The molecule has 0 saturated carbocycles. The molecule has 2 N–H and O–H groups in total. The topological polar surface area (TPSA) is 35.5 Å². The maximum absolute atomic E-state index is 9.19. The van der Waals surface area contributed by atoms with E-state index in [9.17, 15) is 5.11 Å². The Labute approximate surface area is 109 Å². The molecule has 1 aliphatic heterocycles. The highest BCUT2D eigenvalue weighted by Gasteiger charge is 2.21. The second-order valence-electron chi connectivity index (χ2n) is 4.22. The molecule has 0 bridgehead atoms. The molecule has 1 saturated heterocycles. The summed E-state index contributed by atoms with van der Waals surface area (Å²) in [7, 11) is 0. The number of aliphatic hydroxyl groups is 1. The van der Waals surface area contributed by atoms with Crippen molar-refractivity contribution in [2.24, 2.45) is 0 Å². The Bertz CT molecular complexity index is 302. The number of halogens is 1. The van der Waals surface area contributed by atoms with Gasteiger partial charge >= 0.3 is 0 Å². The molecule has 0 aromatic heterocycles. The number of rotatable bonds is 4. The monoisotopic (exact) mass is 256 g/mol. The fraction of sp³-hybridized carbons (Fsp3) is 0.538. The summed E-state index contributed by atoms with van der Waals surface area (Å²) in [6.45, 7) is 4.49. The zero-order valence-corrected chi connectivity index (χ0v) is 10.8. The quantitative estimate of drug-likeness (QED) is 0.856. The van der Waals surface area contributed by atoms with Crippen molar-refractivity contribution in [3.8, 4) is 0 Å².